The van der Waals surface area contributed by atoms with Gasteiger partial charge in [0.1, 0.15) is 0 Å². The zero-order chi connectivity index (χ0) is 10.2. The summed E-state index contributed by atoms with van der Waals surface area (Å²) < 4.78 is 5.73. The number of hydrogen-bond acceptors (Lipinski definition) is 2. The molecule has 0 spiro atoms. The predicted octanol–water partition coefficient (Wildman–Crippen LogP) is 2.68. The Morgan fingerprint density at radius 3 is 2.71 bits per heavy atom. The van der Waals surface area contributed by atoms with Gasteiger partial charge in [-0.2, -0.15) is 0 Å². The van der Waals surface area contributed by atoms with Crippen LogP contribution in [0.3, 0.4) is 0 Å². The Bertz CT molecular complexity index is 167. The molecule has 0 bridgehead atoms. The molecule has 1 N–H and O–H groups in total. The van der Waals surface area contributed by atoms with Gasteiger partial charge in [-0.1, -0.05) is 37.4 Å². The van der Waals surface area contributed by atoms with Crippen LogP contribution in [0.2, 0.25) is 0 Å². The molecule has 1 rings (SSSR count). The highest BCUT2D eigenvalue weighted by atomic mass is 35.5. The third kappa shape index (κ3) is 5.63. The summed E-state index contributed by atoms with van der Waals surface area (Å²) in [4.78, 5) is 0. The van der Waals surface area contributed by atoms with E-state index in [0.717, 1.165) is 13.2 Å². The van der Waals surface area contributed by atoms with Crippen molar-refractivity contribution in [2.45, 2.75) is 38.2 Å². The van der Waals surface area contributed by atoms with E-state index >= 15 is 0 Å². The minimum absolute atomic E-state index is 0.504. The molecule has 0 aromatic carbocycles. The first-order valence-electron chi connectivity index (χ1n) is 5.44. The van der Waals surface area contributed by atoms with Crippen molar-refractivity contribution in [2.24, 2.45) is 0 Å². The molecular formula is C11H20ClNO. The van der Waals surface area contributed by atoms with Crippen LogP contribution in [-0.2, 0) is 4.74 Å². The third-order valence-corrected chi connectivity index (χ3v) is 2.64. The van der Waals surface area contributed by atoms with Crippen LogP contribution in [0.1, 0.15) is 32.1 Å². The van der Waals surface area contributed by atoms with E-state index in [-0.39, 0.29) is 0 Å². The zero-order valence-corrected chi connectivity index (χ0v) is 9.48. The third-order valence-electron chi connectivity index (χ3n) is 2.50. The summed E-state index contributed by atoms with van der Waals surface area (Å²) in [5, 5.41) is 3.82. The fraction of sp³-hybridized carbons (Fsp3) is 0.818. The summed E-state index contributed by atoms with van der Waals surface area (Å²) in [5.74, 6) is 0. The number of ether oxygens (including phenoxy) is 1. The highest BCUT2D eigenvalue weighted by Gasteiger charge is 2.12. The fourth-order valence-corrected chi connectivity index (χ4v) is 1.85. The first-order chi connectivity index (χ1) is 6.79. The van der Waals surface area contributed by atoms with Crippen LogP contribution < -0.4 is 5.32 Å². The maximum atomic E-state index is 5.73. The first kappa shape index (κ1) is 12.0. The summed E-state index contributed by atoms with van der Waals surface area (Å²) in [5.41, 5.74) is 0. The summed E-state index contributed by atoms with van der Waals surface area (Å²) in [6.45, 7) is 5.93. The van der Waals surface area contributed by atoms with Gasteiger partial charge < -0.3 is 10.1 Å². The van der Waals surface area contributed by atoms with Crippen LogP contribution >= 0.6 is 11.6 Å². The van der Waals surface area contributed by atoms with Crippen molar-refractivity contribution in [3.8, 4) is 0 Å². The van der Waals surface area contributed by atoms with E-state index in [9.17, 15) is 0 Å². The van der Waals surface area contributed by atoms with E-state index in [0.29, 0.717) is 17.7 Å². The van der Waals surface area contributed by atoms with E-state index in [4.69, 9.17) is 16.3 Å². The first-order valence-corrected chi connectivity index (χ1v) is 5.82. The molecule has 0 amide bonds. The minimum atomic E-state index is 0.504. The Morgan fingerprint density at radius 2 is 2.07 bits per heavy atom. The molecule has 0 atom stereocenters. The molecule has 0 unspecified atom stereocenters. The van der Waals surface area contributed by atoms with Crippen molar-refractivity contribution in [3.63, 3.8) is 0 Å². The van der Waals surface area contributed by atoms with Gasteiger partial charge in [-0.15, -0.1) is 0 Å². The Labute approximate surface area is 91.7 Å². The van der Waals surface area contributed by atoms with Crippen molar-refractivity contribution in [1.29, 1.82) is 0 Å². The quantitative estimate of drug-likeness (QED) is 0.691. The van der Waals surface area contributed by atoms with Gasteiger partial charge in [-0.05, 0) is 12.8 Å². The van der Waals surface area contributed by atoms with Crippen molar-refractivity contribution < 1.29 is 4.74 Å². The highest BCUT2D eigenvalue weighted by Crippen LogP contribution is 2.19. The summed E-state index contributed by atoms with van der Waals surface area (Å²) in [7, 11) is 0. The number of halogens is 1. The number of hydrogen-bond donors (Lipinski definition) is 1. The largest absolute Gasteiger partial charge is 0.377 e. The Morgan fingerprint density at radius 1 is 1.36 bits per heavy atom. The standard InChI is InChI=1S/C11H20ClNO/c1-10(12)9-13-7-8-14-11-5-3-2-4-6-11/h11,13H,1-9H2. The zero-order valence-electron chi connectivity index (χ0n) is 8.73. The molecule has 1 fully saturated rings. The SMILES string of the molecule is C=C(Cl)CNCCOC1CCCCC1. The summed E-state index contributed by atoms with van der Waals surface area (Å²) >= 11 is 5.61. The molecule has 0 aliphatic heterocycles. The smallest absolute Gasteiger partial charge is 0.0594 e. The van der Waals surface area contributed by atoms with Crippen LogP contribution in [0.4, 0.5) is 0 Å². The van der Waals surface area contributed by atoms with Crippen LogP contribution in [-0.4, -0.2) is 25.8 Å². The molecule has 1 aliphatic rings. The Hall–Kier alpha value is -0.0500. The second-order valence-corrected chi connectivity index (χ2v) is 4.36. The van der Waals surface area contributed by atoms with Crippen molar-refractivity contribution in [1.82, 2.24) is 5.32 Å². The number of nitrogens with one attached hydrogen (secondary N) is 1. The van der Waals surface area contributed by atoms with Gasteiger partial charge >= 0.3 is 0 Å². The van der Waals surface area contributed by atoms with Gasteiger partial charge in [0, 0.05) is 18.1 Å². The molecule has 14 heavy (non-hydrogen) atoms. The van der Waals surface area contributed by atoms with E-state index in [2.05, 4.69) is 11.9 Å². The normalized spacial score (nSPS) is 18.4. The monoisotopic (exact) mass is 217 g/mol. The summed E-state index contributed by atoms with van der Waals surface area (Å²) in [6.07, 6.45) is 7.02. The molecule has 0 aromatic rings. The lowest BCUT2D eigenvalue weighted by Crippen LogP contribution is -2.25. The lowest BCUT2D eigenvalue weighted by atomic mass is 9.98. The van der Waals surface area contributed by atoms with Crippen LogP contribution in [0.5, 0.6) is 0 Å². The number of rotatable bonds is 6. The topological polar surface area (TPSA) is 21.3 Å². The lowest BCUT2D eigenvalue weighted by Gasteiger charge is -2.21. The second kappa shape index (κ2) is 7.27. The molecule has 0 saturated heterocycles. The maximum Gasteiger partial charge on any atom is 0.0594 e. The van der Waals surface area contributed by atoms with Gasteiger partial charge in [0.25, 0.3) is 0 Å². The van der Waals surface area contributed by atoms with Crippen molar-refractivity contribution in [2.75, 3.05) is 19.7 Å². The van der Waals surface area contributed by atoms with E-state index in [1.165, 1.54) is 32.1 Å². The molecule has 2 nitrogen and oxygen atoms in total. The minimum Gasteiger partial charge on any atom is -0.377 e. The fourth-order valence-electron chi connectivity index (χ4n) is 1.75. The van der Waals surface area contributed by atoms with Gasteiger partial charge in [-0.25, -0.2) is 0 Å². The molecule has 82 valence electrons. The van der Waals surface area contributed by atoms with Crippen molar-refractivity contribution in [3.05, 3.63) is 11.6 Å². The van der Waals surface area contributed by atoms with Gasteiger partial charge in [0.2, 0.25) is 0 Å². The lowest BCUT2D eigenvalue weighted by molar-refractivity contribution is 0.0306. The van der Waals surface area contributed by atoms with Gasteiger partial charge in [-0.3, -0.25) is 0 Å². The maximum absolute atomic E-state index is 5.73. The van der Waals surface area contributed by atoms with Gasteiger partial charge in [0.15, 0.2) is 0 Å². The second-order valence-electron chi connectivity index (χ2n) is 3.82. The van der Waals surface area contributed by atoms with E-state index in [1.807, 2.05) is 0 Å². The van der Waals surface area contributed by atoms with E-state index < -0.39 is 0 Å². The van der Waals surface area contributed by atoms with E-state index in [1.54, 1.807) is 0 Å². The molecular weight excluding hydrogens is 198 g/mol. The summed E-state index contributed by atoms with van der Waals surface area (Å²) in [6, 6.07) is 0. The predicted molar refractivity (Wildman–Crippen MR) is 60.7 cm³/mol. The average Bonchev–Trinajstić information content (AvgIpc) is 2.18. The Kier molecular flexibility index (Phi) is 6.24. The molecule has 3 heteroatoms. The molecule has 0 radical (unpaired) electrons. The average molecular weight is 218 g/mol. The molecule has 1 aliphatic carbocycles. The molecule has 0 aromatic heterocycles. The van der Waals surface area contributed by atoms with Crippen LogP contribution in [0.15, 0.2) is 11.6 Å². The van der Waals surface area contributed by atoms with Crippen LogP contribution in [0, 0.1) is 0 Å². The molecule has 1 saturated carbocycles. The highest BCUT2D eigenvalue weighted by molar-refractivity contribution is 6.29. The Balaban J connectivity index is 1.90. The molecule has 0 heterocycles. The van der Waals surface area contributed by atoms with Gasteiger partial charge in [0.05, 0.1) is 12.7 Å². The van der Waals surface area contributed by atoms with Crippen LogP contribution in [0.25, 0.3) is 0 Å². The van der Waals surface area contributed by atoms with Crippen molar-refractivity contribution >= 4 is 11.6 Å².